The van der Waals surface area contributed by atoms with Gasteiger partial charge in [0.2, 0.25) is 0 Å². The van der Waals surface area contributed by atoms with Crippen molar-refractivity contribution in [1.29, 1.82) is 0 Å². The summed E-state index contributed by atoms with van der Waals surface area (Å²) in [6.45, 7) is 5.92. The van der Waals surface area contributed by atoms with E-state index in [0.717, 1.165) is 24.2 Å². The molecular formula is C16H20ClN3O2. The molecule has 3 heterocycles. The Kier molecular flexibility index (Phi) is 3.40. The molecule has 0 radical (unpaired) electrons. The molecule has 0 N–H and O–H groups in total. The predicted octanol–water partition coefficient (Wildman–Crippen LogP) is 3.28. The molecule has 22 heavy (non-hydrogen) atoms. The second kappa shape index (κ2) is 5.18. The van der Waals surface area contributed by atoms with Gasteiger partial charge in [0, 0.05) is 30.5 Å². The van der Waals surface area contributed by atoms with Crippen LogP contribution in [0.2, 0.25) is 5.15 Å². The van der Waals surface area contributed by atoms with Gasteiger partial charge < -0.3 is 9.47 Å². The van der Waals surface area contributed by atoms with Gasteiger partial charge in [-0.1, -0.05) is 25.4 Å². The number of hydrogen-bond donors (Lipinski definition) is 0. The van der Waals surface area contributed by atoms with Gasteiger partial charge in [0.15, 0.2) is 11.4 Å². The van der Waals surface area contributed by atoms with Crippen LogP contribution in [0.4, 0.5) is 0 Å². The van der Waals surface area contributed by atoms with Crippen LogP contribution in [-0.4, -0.2) is 33.6 Å². The maximum absolute atomic E-state index is 6.36. The van der Waals surface area contributed by atoms with Crippen molar-refractivity contribution < 1.29 is 9.47 Å². The molecule has 1 aliphatic carbocycles. The third kappa shape index (κ3) is 2.23. The summed E-state index contributed by atoms with van der Waals surface area (Å²) in [6.07, 6.45) is 3.51. The highest BCUT2D eigenvalue weighted by atomic mass is 35.5. The molecule has 2 aliphatic rings. The van der Waals surface area contributed by atoms with Crippen LogP contribution in [0.3, 0.4) is 0 Å². The predicted molar refractivity (Wildman–Crippen MR) is 82.9 cm³/mol. The van der Waals surface area contributed by atoms with Crippen molar-refractivity contribution in [3.8, 4) is 0 Å². The zero-order chi connectivity index (χ0) is 15.3. The lowest BCUT2D eigenvalue weighted by Gasteiger charge is -2.43. The third-order valence-corrected chi connectivity index (χ3v) is 5.49. The van der Waals surface area contributed by atoms with Crippen LogP contribution in [0.25, 0.3) is 5.65 Å². The van der Waals surface area contributed by atoms with Gasteiger partial charge in [0.05, 0.1) is 19.4 Å². The molecule has 3 atom stereocenters. The standard InChI is InChI=1S/C16H20ClN3O2/c1-10-8-16(21-5-6-22-16)9-12(11(10)2)13-7-14(17)20-15(19-13)3-4-18-20/h3-4,7,10-12H,5-6,8-9H2,1-2H3. The fourth-order valence-electron chi connectivity index (χ4n) is 3.87. The van der Waals surface area contributed by atoms with E-state index in [1.54, 1.807) is 10.7 Å². The van der Waals surface area contributed by atoms with E-state index in [-0.39, 0.29) is 5.92 Å². The molecule has 1 spiro atoms. The summed E-state index contributed by atoms with van der Waals surface area (Å²) in [4.78, 5) is 4.76. The molecular weight excluding hydrogens is 302 g/mol. The lowest BCUT2D eigenvalue weighted by atomic mass is 9.69. The zero-order valence-corrected chi connectivity index (χ0v) is 13.6. The quantitative estimate of drug-likeness (QED) is 0.756. The molecule has 2 aromatic heterocycles. The number of nitrogens with zero attached hydrogens (tertiary/aromatic N) is 3. The van der Waals surface area contributed by atoms with Gasteiger partial charge in [-0.05, 0) is 17.9 Å². The van der Waals surface area contributed by atoms with Crippen LogP contribution < -0.4 is 0 Å². The van der Waals surface area contributed by atoms with Crippen LogP contribution in [0.15, 0.2) is 18.3 Å². The maximum atomic E-state index is 6.36. The summed E-state index contributed by atoms with van der Waals surface area (Å²) in [6, 6.07) is 3.81. The largest absolute Gasteiger partial charge is 0.348 e. The molecule has 118 valence electrons. The highest BCUT2D eigenvalue weighted by Gasteiger charge is 2.47. The highest BCUT2D eigenvalue weighted by Crippen LogP contribution is 2.48. The number of rotatable bonds is 1. The van der Waals surface area contributed by atoms with Crippen molar-refractivity contribution in [3.05, 3.63) is 29.2 Å². The first kappa shape index (κ1) is 14.4. The Hall–Kier alpha value is -1.17. The molecule has 5 nitrogen and oxygen atoms in total. The normalized spacial score (nSPS) is 31.1. The first-order valence-electron chi connectivity index (χ1n) is 7.86. The number of ether oxygens (including phenoxy) is 2. The Morgan fingerprint density at radius 3 is 2.82 bits per heavy atom. The van der Waals surface area contributed by atoms with Crippen LogP contribution in [-0.2, 0) is 9.47 Å². The Morgan fingerprint density at radius 2 is 2.05 bits per heavy atom. The molecule has 0 aromatic carbocycles. The molecule has 0 amide bonds. The second-order valence-corrected chi connectivity index (χ2v) is 6.95. The summed E-state index contributed by atoms with van der Waals surface area (Å²) in [5.74, 6) is 0.863. The van der Waals surface area contributed by atoms with Crippen LogP contribution in [0, 0.1) is 11.8 Å². The van der Waals surface area contributed by atoms with Gasteiger partial charge in [0.1, 0.15) is 5.15 Å². The Bertz CT molecular complexity index is 696. The molecule has 2 aromatic rings. The van der Waals surface area contributed by atoms with Crippen LogP contribution in [0.5, 0.6) is 0 Å². The van der Waals surface area contributed by atoms with E-state index in [0.29, 0.717) is 30.2 Å². The van der Waals surface area contributed by atoms with E-state index in [2.05, 4.69) is 18.9 Å². The van der Waals surface area contributed by atoms with E-state index in [1.165, 1.54) is 0 Å². The molecule has 0 bridgehead atoms. The fourth-order valence-corrected chi connectivity index (χ4v) is 4.11. The smallest absolute Gasteiger partial charge is 0.169 e. The summed E-state index contributed by atoms with van der Waals surface area (Å²) in [5, 5.41) is 4.78. The Morgan fingerprint density at radius 1 is 1.27 bits per heavy atom. The topological polar surface area (TPSA) is 48.7 Å². The van der Waals surface area contributed by atoms with Crippen molar-refractivity contribution >= 4 is 17.2 Å². The van der Waals surface area contributed by atoms with Gasteiger partial charge in [-0.3, -0.25) is 0 Å². The minimum Gasteiger partial charge on any atom is -0.348 e. The summed E-state index contributed by atoms with van der Waals surface area (Å²) in [7, 11) is 0. The fraction of sp³-hybridized carbons (Fsp3) is 0.625. The maximum Gasteiger partial charge on any atom is 0.169 e. The van der Waals surface area contributed by atoms with E-state index >= 15 is 0 Å². The SMILES string of the molecule is CC1CC2(CC(c3cc(Cl)n4nccc4n3)C1C)OCCO2. The van der Waals surface area contributed by atoms with Gasteiger partial charge in [0.25, 0.3) is 0 Å². The van der Waals surface area contributed by atoms with Crippen molar-refractivity contribution in [3.63, 3.8) is 0 Å². The lowest BCUT2D eigenvalue weighted by Crippen LogP contribution is -2.42. The average Bonchev–Trinajstić information content (AvgIpc) is 3.12. The summed E-state index contributed by atoms with van der Waals surface area (Å²) < 4.78 is 13.6. The molecule has 2 fully saturated rings. The number of hydrogen-bond acceptors (Lipinski definition) is 4. The first-order chi connectivity index (χ1) is 10.6. The molecule has 1 saturated carbocycles. The molecule has 1 saturated heterocycles. The first-order valence-corrected chi connectivity index (χ1v) is 8.24. The molecule has 3 unspecified atom stereocenters. The van der Waals surface area contributed by atoms with Gasteiger partial charge >= 0.3 is 0 Å². The van der Waals surface area contributed by atoms with Gasteiger partial charge in [-0.15, -0.1) is 0 Å². The van der Waals surface area contributed by atoms with Crippen LogP contribution in [0.1, 0.15) is 38.3 Å². The minimum absolute atomic E-state index is 0.277. The Balaban J connectivity index is 1.74. The minimum atomic E-state index is -0.433. The number of aromatic nitrogens is 3. The number of fused-ring (bicyclic) bond motifs is 1. The Labute approximate surface area is 134 Å². The van der Waals surface area contributed by atoms with Crippen molar-refractivity contribution in [2.45, 2.75) is 38.4 Å². The van der Waals surface area contributed by atoms with E-state index in [9.17, 15) is 0 Å². The lowest BCUT2D eigenvalue weighted by molar-refractivity contribution is -0.197. The van der Waals surface area contributed by atoms with Gasteiger partial charge in [-0.2, -0.15) is 5.10 Å². The van der Waals surface area contributed by atoms with Crippen molar-refractivity contribution in [2.75, 3.05) is 13.2 Å². The number of halogens is 1. The third-order valence-electron chi connectivity index (χ3n) is 5.23. The highest BCUT2D eigenvalue weighted by molar-refractivity contribution is 6.29. The van der Waals surface area contributed by atoms with Crippen molar-refractivity contribution in [2.24, 2.45) is 11.8 Å². The summed E-state index contributed by atoms with van der Waals surface area (Å²) in [5.41, 5.74) is 1.80. The second-order valence-electron chi connectivity index (χ2n) is 6.56. The van der Waals surface area contributed by atoms with E-state index < -0.39 is 5.79 Å². The summed E-state index contributed by atoms with van der Waals surface area (Å²) >= 11 is 6.36. The molecule has 6 heteroatoms. The van der Waals surface area contributed by atoms with E-state index in [1.807, 2.05) is 12.1 Å². The molecule has 4 rings (SSSR count). The molecule has 1 aliphatic heterocycles. The van der Waals surface area contributed by atoms with Gasteiger partial charge in [-0.25, -0.2) is 9.50 Å². The van der Waals surface area contributed by atoms with Crippen molar-refractivity contribution in [1.82, 2.24) is 14.6 Å². The zero-order valence-electron chi connectivity index (χ0n) is 12.8. The van der Waals surface area contributed by atoms with E-state index in [4.69, 9.17) is 26.1 Å². The van der Waals surface area contributed by atoms with Crippen LogP contribution >= 0.6 is 11.6 Å². The monoisotopic (exact) mass is 321 g/mol. The average molecular weight is 322 g/mol.